The predicted molar refractivity (Wildman–Crippen MR) is 49.6 cm³/mol. The van der Waals surface area contributed by atoms with Crippen molar-refractivity contribution in [3.63, 3.8) is 0 Å². The molecule has 0 aliphatic heterocycles. The Hall–Kier alpha value is -0.324. The normalized spacial score (nSPS) is 14.6. The average Bonchev–Trinajstić information content (AvgIpc) is 2.86. The van der Waals surface area contributed by atoms with Crippen molar-refractivity contribution in [2.24, 2.45) is 0 Å². The maximum atomic E-state index is 4.14. The molecule has 68 valence electrons. The van der Waals surface area contributed by atoms with Gasteiger partial charge in [-0.2, -0.15) is 11.2 Å². The first kappa shape index (κ1) is 11.7. The third kappa shape index (κ3) is 1.87. The molecule has 5 heteroatoms. The van der Waals surface area contributed by atoms with Crippen LogP contribution in [0.4, 0.5) is 0 Å². The van der Waals surface area contributed by atoms with Crippen LogP contribution in [0.3, 0.4) is 0 Å². The van der Waals surface area contributed by atoms with E-state index in [0.717, 1.165) is 11.5 Å². The zero-order valence-electron chi connectivity index (χ0n) is 7.65. The van der Waals surface area contributed by atoms with Crippen LogP contribution in [0.1, 0.15) is 24.6 Å². The molecule has 14 heavy (non-hydrogen) atoms. The molecule has 0 aromatic carbocycles. The number of halogens is 1. The van der Waals surface area contributed by atoms with Crippen molar-refractivity contribution >= 4 is 28.7 Å². The van der Waals surface area contributed by atoms with E-state index in [1.54, 1.807) is 0 Å². The monoisotopic (exact) mass is 217 g/mol. The summed E-state index contributed by atoms with van der Waals surface area (Å²) in [7, 11) is 0. The summed E-state index contributed by atoms with van der Waals surface area (Å²) in [5.41, 5.74) is 0.833. The largest absolute Gasteiger partial charge is 2.00 e. The summed E-state index contributed by atoms with van der Waals surface area (Å²) in [6, 6.07) is 6.87. The summed E-state index contributed by atoms with van der Waals surface area (Å²) in [5, 5.41) is 8.18. The van der Waals surface area contributed by atoms with Crippen LogP contribution in [0.2, 0.25) is 0 Å². The van der Waals surface area contributed by atoms with E-state index in [0.29, 0.717) is 5.92 Å². The first-order chi connectivity index (χ1) is 5.95. The van der Waals surface area contributed by atoms with E-state index in [9.17, 15) is 0 Å². The summed E-state index contributed by atoms with van der Waals surface area (Å²) in [4.78, 5) is 0. The molecule has 0 unspecified atom stereocenters. The van der Waals surface area contributed by atoms with Gasteiger partial charge in [0.05, 0.1) is 5.65 Å². The summed E-state index contributed by atoms with van der Waals surface area (Å²) >= 11 is 0. The van der Waals surface area contributed by atoms with Crippen molar-refractivity contribution in [3.05, 3.63) is 30.2 Å². The van der Waals surface area contributed by atoms with Crippen LogP contribution in [0.5, 0.6) is 0 Å². The molecule has 1 aliphatic rings. The molecule has 0 bridgehead atoms. The van der Waals surface area contributed by atoms with Crippen LogP contribution in [0.25, 0.3) is 5.65 Å². The van der Waals surface area contributed by atoms with Gasteiger partial charge in [0.2, 0.25) is 0 Å². The Morgan fingerprint density at radius 3 is 2.86 bits per heavy atom. The van der Waals surface area contributed by atoms with Crippen LogP contribution >= 0.6 is 0 Å². The summed E-state index contributed by atoms with van der Waals surface area (Å²) in [6.07, 6.45) is 4.52. The third-order valence-electron chi connectivity index (χ3n) is 2.21. The Morgan fingerprint density at radius 2 is 2.14 bits per heavy atom. The van der Waals surface area contributed by atoms with Gasteiger partial charge in [0.15, 0.2) is 0 Å². The Kier molecular flexibility index (Phi) is 3.75. The number of hydrogen-bond acceptors (Lipinski definition) is 2. The van der Waals surface area contributed by atoms with Crippen molar-refractivity contribution in [1.82, 2.24) is 14.6 Å². The van der Waals surface area contributed by atoms with Gasteiger partial charge in [-0.15, -0.1) is 5.10 Å². The number of fused-ring (bicyclic) bond motifs is 1. The maximum absolute atomic E-state index is 4.14. The van der Waals surface area contributed by atoms with E-state index in [4.69, 9.17) is 0 Å². The first-order valence-corrected chi connectivity index (χ1v) is 4.16. The Bertz CT molecular complexity index is 425. The Balaban J connectivity index is 0.000000490. The fraction of sp³-hybridized carbons (Fsp3) is 0.333. The van der Waals surface area contributed by atoms with Crippen molar-refractivity contribution in [2.75, 3.05) is 0 Å². The third-order valence-corrected chi connectivity index (χ3v) is 2.21. The zero-order chi connectivity index (χ0) is 7.97. The number of hydrogen-bond donors (Lipinski definition) is 0. The van der Waals surface area contributed by atoms with E-state index < -0.39 is 0 Å². The summed E-state index contributed by atoms with van der Waals surface area (Å²) in [6.45, 7) is 0. The molecule has 1 fully saturated rings. The molecular weight excluding hydrogens is 210 g/mol. The van der Waals surface area contributed by atoms with Crippen LogP contribution in [0, 0.1) is 6.07 Å². The van der Waals surface area contributed by atoms with Gasteiger partial charge in [-0.3, -0.25) is 0 Å². The van der Waals surface area contributed by atoms with Gasteiger partial charge in [-0.05, 0) is 12.8 Å². The molecule has 0 N–H and O–H groups in total. The van der Waals surface area contributed by atoms with Crippen molar-refractivity contribution in [2.45, 2.75) is 18.8 Å². The molecule has 0 atom stereocenters. The Labute approximate surface area is 104 Å². The molecule has 1 saturated carbocycles. The minimum atomic E-state index is 0. The van der Waals surface area contributed by atoms with E-state index in [1.807, 2.05) is 22.7 Å². The van der Waals surface area contributed by atoms with Gasteiger partial charge in [0.1, 0.15) is 5.82 Å². The molecule has 3 rings (SSSR count). The van der Waals surface area contributed by atoms with E-state index >= 15 is 0 Å². The number of rotatable bonds is 1. The predicted octanol–water partition coefficient (Wildman–Crippen LogP) is -1.97. The fourth-order valence-electron chi connectivity index (χ4n) is 1.42. The number of pyridine rings is 1. The maximum Gasteiger partial charge on any atom is 2.00 e. The molecule has 1 aliphatic carbocycles. The van der Waals surface area contributed by atoms with Crippen LogP contribution in [-0.2, 0) is 0 Å². The summed E-state index contributed by atoms with van der Waals surface area (Å²) < 4.78 is 2.03. The smallest absolute Gasteiger partial charge is 1.00 e. The molecule has 0 spiro atoms. The first-order valence-electron chi connectivity index (χ1n) is 4.16. The topological polar surface area (TPSA) is 30.2 Å². The molecule has 2 aromatic heterocycles. The molecule has 2 heterocycles. The van der Waals surface area contributed by atoms with Gasteiger partial charge < -0.3 is 16.8 Å². The Morgan fingerprint density at radius 1 is 1.36 bits per heavy atom. The standard InChI is InChI=1S/C9H8N3.ClH.Mg/c1-2-6-12-8(3-1)10-11-9(12)7-4-5-7;;/h1-2,6-7H,4-5H2;1H;/q-1;;+2/p-1. The van der Waals surface area contributed by atoms with Crippen LogP contribution < -0.4 is 12.4 Å². The van der Waals surface area contributed by atoms with Crippen molar-refractivity contribution in [1.29, 1.82) is 0 Å². The fourth-order valence-corrected chi connectivity index (χ4v) is 1.42. The van der Waals surface area contributed by atoms with Gasteiger partial charge in [-0.1, -0.05) is 6.20 Å². The van der Waals surface area contributed by atoms with Crippen molar-refractivity contribution < 1.29 is 12.4 Å². The van der Waals surface area contributed by atoms with Gasteiger partial charge in [0.25, 0.3) is 0 Å². The van der Waals surface area contributed by atoms with E-state index in [1.165, 1.54) is 12.8 Å². The quantitative estimate of drug-likeness (QED) is 0.410. The second-order valence-corrected chi connectivity index (χ2v) is 3.18. The second kappa shape index (κ2) is 4.46. The molecule has 2 aromatic rings. The van der Waals surface area contributed by atoms with Crippen LogP contribution in [0.15, 0.2) is 18.3 Å². The van der Waals surface area contributed by atoms with E-state index in [2.05, 4.69) is 16.3 Å². The zero-order valence-corrected chi connectivity index (χ0v) is 9.82. The minimum absolute atomic E-state index is 0. The molecule has 0 amide bonds. The molecular formula is C9H8ClMgN3. The van der Waals surface area contributed by atoms with E-state index in [-0.39, 0.29) is 35.5 Å². The number of nitrogens with zero attached hydrogens (tertiary/aromatic N) is 3. The number of aromatic nitrogens is 3. The van der Waals surface area contributed by atoms with Gasteiger partial charge in [-0.25, -0.2) is 12.1 Å². The summed E-state index contributed by atoms with van der Waals surface area (Å²) in [5.74, 6) is 1.75. The van der Waals surface area contributed by atoms with Gasteiger partial charge in [0, 0.05) is 5.92 Å². The molecule has 0 saturated heterocycles. The van der Waals surface area contributed by atoms with Crippen LogP contribution in [-0.4, -0.2) is 37.7 Å². The minimum Gasteiger partial charge on any atom is -1.00 e. The van der Waals surface area contributed by atoms with Crippen molar-refractivity contribution in [3.8, 4) is 0 Å². The molecule has 0 radical (unpaired) electrons. The average molecular weight is 218 g/mol. The SMILES string of the molecule is [Cl-].[Mg+2].[c-]1cccn2c(C3CC3)nnc12. The second-order valence-electron chi connectivity index (χ2n) is 3.18. The molecule has 3 nitrogen and oxygen atoms in total. The van der Waals surface area contributed by atoms with Gasteiger partial charge >= 0.3 is 23.1 Å².